The molecule has 0 N–H and O–H groups in total. The molecular weight excluding hydrogens is 326 g/mol. The number of nitrogens with zero attached hydrogens (tertiary/aromatic N) is 3. The van der Waals surface area contributed by atoms with Gasteiger partial charge < -0.3 is 9.80 Å². The zero-order valence-corrected chi connectivity index (χ0v) is 16.4. The van der Waals surface area contributed by atoms with Crippen molar-refractivity contribution in [3.63, 3.8) is 0 Å². The number of carbonyl (C=O) groups is 2. The molecule has 3 rings (SSSR count). The van der Waals surface area contributed by atoms with Gasteiger partial charge in [-0.2, -0.15) is 0 Å². The van der Waals surface area contributed by atoms with Crippen molar-refractivity contribution in [2.75, 3.05) is 0 Å². The number of hydrogen-bond acceptors (Lipinski definition) is 3. The van der Waals surface area contributed by atoms with Crippen LogP contribution in [0.5, 0.6) is 0 Å². The van der Waals surface area contributed by atoms with Crippen molar-refractivity contribution in [1.82, 2.24) is 14.8 Å². The second-order valence-electron chi connectivity index (χ2n) is 8.11. The van der Waals surface area contributed by atoms with Gasteiger partial charge in [0.05, 0.1) is 5.56 Å². The molecule has 3 heterocycles. The molecule has 0 aliphatic carbocycles. The highest BCUT2D eigenvalue weighted by Crippen LogP contribution is 2.26. The van der Waals surface area contributed by atoms with E-state index in [1.54, 1.807) is 18.3 Å². The molecule has 0 saturated carbocycles. The fourth-order valence-electron chi connectivity index (χ4n) is 4.57. The Hall–Kier alpha value is -1.91. The van der Waals surface area contributed by atoms with Crippen molar-refractivity contribution in [3.8, 4) is 0 Å². The van der Waals surface area contributed by atoms with Crippen molar-refractivity contribution in [2.45, 2.75) is 90.4 Å². The number of rotatable bonds is 2. The highest BCUT2D eigenvalue weighted by Gasteiger charge is 2.32. The van der Waals surface area contributed by atoms with Crippen LogP contribution in [0.3, 0.4) is 0 Å². The molecular formula is C21H31N3O2. The normalized spacial score (nSPS) is 29.5. The minimum Gasteiger partial charge on any atom is -0.333 e. The van der Waals surface area contributed by atoms with Crippen LogP contribution >= 0.6 is 0 Å². The van der Waals surface area contributed by atoms with Crippen LogP contribution in [-0.4, -0.2) is 50.8 Å². The summed E-state index contributed by atoms with van der Waals surface area (Å²) in [7, 11) is 0. The first-order chi connectivity index (χ1) is 12.4. The third kappa shape index (κ3) is 3.62. The van der Waals surface area contributed by atoms with Crippen molar-refractivity contribution >= 4 is 11.8 Å². The number of amides is 2. The molecule has 1 aromatic rings. The summed E-state index contributed by atoms with van der Waals surface area (Å²) in [5.41, 5.74) is 1.00. The maximum atomic E-state index is 12.9. The Labute approximate surface area is 156 Å². The molecule has 5 heteroatoms. The van der Waals surface area contributed by atoms with Gasteiger partial charge in [0.2, 0.25) is 0 Å². The van der Waals surface area contributed by atoms with E-state index in [2.05, 4.69) is 32.7 Å². The van der Waals surface area contributed by atoms with E-state index in [1.165, 1.54) is 12.8 Å². The fraction of sp³-hybridized carbons (Fsp3) is 0.667. The quantitative estimate of drug-likeness (QED) is 0.807. The average molecular weight is 357 g/mol. The summed E-state index contributed by atoms with van der Waals surface area (Å²) in [5.74, 6) is -0.000634. The minimum absolute atomic E-state index is 0.0240. The molecule has 0 unspecified atom stereocenters. The summed E-state index contributed by atoms with van der Waals surface area (Å²) < 4.78 is 0. The van der Waals surface area contributed by atoms with Crippen LogP contribution in [0.2, 0.25) is 0 Å². The Balaban J connectivity index is 1.75. The Kier molecular flexibility index (Phi) is 5.64. The van der Waals surface area contributed by atoms with E-state index < -0.39 is 0 Å². The summed E-state index contributed by atoms with van der Waals surface area (Å²) >= 11 is 0. The molecule has 1 aromatic heterocycles. The highest BCUT2D eigenvalue weighted by molar-refractivity contribution is 5.96. The molecule has 0 aromatic carbocycles. The molecule has 26 heavy (non-hydrogen) atoms. The molecule has 0 spiro atoms. The van der Waals surface area contributed by atoms with E-state index in [9.17, 15) is 9.59 Å². The van der Waals surface area contributed by atoms with Crippen molar-refractivity contribution < 1.29 is 9.59 Å². The molecule has 5 nitrogen and oxygen atoms in total. The zero-order chi connectivity index (χ0) is 18.8. The first-order valence-corrected chi connectivity index (χ1v) is 10.0. The van der Waals surface area contributed by atoms with Gasteiger partial charge in [0.15, 0.2) is 0 Å². The van der Waals surface area contributed by atoms with E-state index in [4.69, 9.17) is 0 Å². The van der Waals surface area contributed by atoms with Gasteiger partial charge in [0.1, 0.15) is 5.69 Å². The van der Waals surface area contributed by atoms with Crippen LogP contribution in [0, 0.1) is 0 Å². The van der Waals surface area contributed by atoms with Crippen LogP contribution in [-0.2, 0) is 0 Å². The molecule has 2 aliphatic heterocycles. The molecule has 2 fully saturated rings. The first-order valence-electron chi connectivity index (χ1n) is 10.0. The van der Waals surface area contributed by atoms with E-state index in [0.29, 0.717) is 11.3 Å². The lowest BCUT2D eigenvalue weighted by Gasteiger charge is -2.39. The van der Waals surface area contributed by atoms with E-state index in [1.807, 2.05) is 9.80 Å². The van der Waals surface area contributed by atoms with Crippen LogP contribution in [0.1, 0.15) is 87.1 Å². The maximum absolute atomic E-state index is 12.9. The molecule has 0 bridgehead atoms. The topological polar surface area (TPSA) is 53.5 Å². The summed E-state index contributed by atoms with van der Waals surface area (Å²) in [6, 6.07) is 4.46. The maximum Gasteiger partial charge on any atom is 0.272 e. The molecule has 2 amide bonds. The third-order valence-corrected chi connectivity index (χ3v) is 6.09. The van der Waals surface area contributed by atoms with Crippen molar-refractivity contribution in [2.24, 2.45) is 0 Å². The third-order valence-electron chi connectivity index (χ3n) is 6.09. The number of piperidine rings is 2. The van der Waals surface area contributed by atoms with Crippen LogP contribution in [0.4, 0.5) is 0 Å². The number of carbonyl (C=O) groups excluding carboxylic acids is 2. The van der Waals surface area contributed by atoms with Crippen LogP contribution in [0.15, 0.2) is 18.3 Å². The molecule has 2 aliphatic rings. The summed E-state index contributed by atoms with van der Waals surface area (Å²) in [6.45, 7) is 8.42. The van der Waals surface area contributed by atoms with Crippen LogP contribution in [0.25, 0.3) is 0 Å². The lowest BCUT2D eigenvalue weighted by atomic mass is 9.96. The number of likely N-dealkylation sites (tertiary alicyclic amines) is 2. The SMILES string of the molecule is C[C@H]1CCC[C@H](C)N1C(=O)c1ccc(C(=O)N2[C@@H](C)CCC[C@@H]2C)nc1. The second-order valence-corrected chi connectivity index (χ2v) is 8.11. The number of pyridine rings is 1. The standard InChI is InChI=1S/C21H31N3O2/c1-14-7-5-8-15(2)23(14)20(25)18-11-12-19(22-13-18)21(26)24-16(3)9-6-10-17(24)4/h11-17H,5-10H2,1-4H3/t14-,15-,16-,17-/m0/s1. The predicted octanol–water partition coefficient (Wildman–Crippen LogP) is 3.89. The average Bonchev–Trinajstić information content (AvgIpc) is 2.61. The van der Waals surface area contributed by atoms with Gasteiger partial charge >= 0.3 is 0 Å². The molecule has 2 saturated heterocycles. The Morgan fingerprint density at radius 2 is 1.27 bits per heavy atom. The number of aromatic nitrogens is 1. The molecule has 0 radical (unpaired) electrons. The fourth-order valence-corrected chi connectivity index (χ4v) is 4.57. The monoisotopic (exact) mass is 357 g/mol. The van der Waals surface area contributed by atoms with Gasteiger partial charge in [-0.3, -0.25) is 14.6 Å². The summed E-state index contributed by atoms with van der Waals surface area (Å²) in [5, 5.41) is 0. The Morgan fingerprint density at radius 3 is 1.69 bits per heavy atom. The lowest BCUT2D eigenvalue weighted by molar-refractivity contribution is 0.0492. The van der Waals surface area contributed by atoms with Crippen molar-refractivity contribution in [3.05, 3.63) is 29.6 Å². The van der Waals surface area contributed by atoms with Gasteiger partial charge in [-0.15, -0.1) is 0 Å². The van der Waals surface area contributed by atoms with E-state index in [0.717, 1.165) is 25.7 Å². The van der Waals surface area contributed by atoms with Crippen LogP contribution < -0.4 is 0 Å². The molecule has 142 valence electrons. The minimum atomic E-state index is -0.0246. The first kappa shape index (κ1) is 18.9. The van der Waals surface area contributed by atoms with Gasteiger partial charge in [0.25, 0.3) is 11.8 Å². The Bertz CT molecular complexity index is 581. The van der Waals surface area contributed by atoms with E-state index in [-0.39, 0.29) is 36.0 Å². The zero-order valence-electron chi connectivity index (χ0n) is 16.4. The molecule has 4 atom stereocenters. The highest BCUT2D eigenvalue weighted by atomic mass is 16.2. The smallest absolute Gasteiger partial charge is 0.272 e. The van der Waals surface area contributed by atoms with Gasteiger partial charge in [-0.05, 0) is 78.4 Å². The van der Waals surface area contributed by atoms with Gasteiger partial charge in [-0.25, -0.2) is 0 Å². The van der Waals surface area contributed by atoms with Gasteiger partial charge in [0, 0.05) is 30.4 Å². The largest absolute Gasteiger partial charge is 0.333 e. The Morgan fingerprint density at radius 1 is 0.808 bits per heavy atom. The lowest BCUT2D eigenvalue weighted by Crippen LogP contribution is -2.48. The van der Waals surface area contributed by atoms with Crippen molar-refractivity contribution in [1.29, 1.82) is 0 Å². The van der Waals surface area contributed by atoms with Gasteiger partial charge in [-0.1, -0.05) is 0 Å². The second kappa shape index (κ2) is 7.77. The predicted molar refractivity (Wildman–Crippen MR) is 102 cm³/mol. The summed E-state index contributed by atoms with van der Waals surface area (Å²) in [4.78, 5) is 34.0. The van der Waals surface area contributed by atoms with E-state index >= 15 is 0 Å². The summed E-state index contributed by atoms with van der Waals surface area (Å²) in [6.07, 6.45) is 8.08. The number of hydrogen-bond donors (Lipinski definition) is 0.